The quantitative estimate of drug-likeness (QED) is 0.636. The standard InChI is InChI=1S/C9H16N4O/c1-6-12-8(9(10)13(6)11)7-3-2-4-14-5-7/h7H,2-5,10-11H2,1H3. The van der Waals surface area contributed by atoms with Crippen LogP contribution in [0.15, 0.2) is 0 Å². The summed E-state index contributed by atoms with van der Waals surface area (Å²) in [6.07, 6.45) is 2.15. The molecular weight excluding hydrogens is 180 g/mol. The van der Waals surface area contributed by atoms with Crippen molar-refractivity contribution in [3.05, 3.63) is 11.5 Å². The number of aromatic nitrogens is 2. The van der Waals surface area contributed by atoms with Gasteiger partial charge in [-0.15, -0.1) is 0 Å². The fourth-order valence-corrected chi connectivity index (χ4v) is 1.84. The van der Waals surface area contributed by atoms with E-state index in [0.29, 0.717) is 18.3 Å². The van der Waals surface area contributed by atoms with E-state index in [1.54, 1.807) is 0 Å². The van der Waals surface area contributed by atoms with Gasteiger partial charge in [0.25, 0.3) is 0 Å². The molecule has 1 aliphatic heterocycles. The van der Waals surface area contributed by atoms with Crippen LogP contribution in [0.1, 0.15) is 30.3 Å². The van der Waals surface area contributed by atoms with Gasteiger partial charge in [-0.2, -0.15) is 0 Å². The average molecular weight is 196 g/mol. The van der Waals surface area contributed by atoms with Crippen LogP contribution in [0.5, 0.6) is 0 Å². The SMILES string of the molecule is Cc1nc(C2CCCOC2)c(N)n1N. The molecular formula is C9H16N4O. The van der Waals surface area contributed by atoms with E-state index < -0.39 is 0 Å². The zero-order valence-electron chi connectivity index (χ0n) is 8.36. The van der Waals surface area contributed by atoms with Crippen LogP contribution in [-0.4, -0.2) is 22.9 Å². The Balaban J connectivity index is 2.26. The van der Waals surface area contributed by atoms with Crippen LogP contribution in [0.3, 0.4) is 0 Å². The van der Waals surface area contributed by atoms with Gasteiger partial charge in [-0.1, -0.05) is 0 Å². The molecule has 1 aromatic heterocycles. The molecule has 1 aliphatic rings. The van der Waals surface area contributed by atoms with Gasteiger partial charge in [0.05, 0.1) is 12.3 Å². The van der Waals surface area contributed by atoms with Crippen molar-refractivity contribution in [1.82, 2.24) is 9.66 Å². The molecule has 1 fully saturated rings. The number of hydrogen-bond acceptors (Lipinski definition) is 4. The summed E-state index contributed by atoms with van der Waals surface area (Å²) in [7, 11) is 0. The van der Waals surface area contributed by atoms with E-state index >= 15 is 0 Å². The first-order valence-corrected chi connectivity index (χ1v) is 4.87. The van der Waals surface area contributed by atoms with Crippen LogP contribution in [0.25, 0.3) is 0 Å². The predicted octanol–water partition coefficient (Wildman–Crippen LogP) is 0.382. The molecule has 1 atom stereocenters. The molecule has 0 radical (unpaired) electrons. The molecule has 4 N–H and O–H groups in total. The lowest BCUT2D eigenvalue weighted by molar-refractivity contribution is 0.0796. The highest BCUT2D eigenvalue weighted by molar-refractivity contribution is 5.40. The summed E-state index contributed by atoms with van der Waals surface area (Å²) in [4.78, 5) is 4.37. The molecule has 0 aliphatic carbocycles. The van der Waals surface area contributed by atoms with Gasteiger partial charge in [0, 0.05) is 12.5 Å². The molecule has 0 aromatic carbocycles. The fraction of sp³-hybridized carbons (Fsp3) is 0.667. The highest BCUT2D eigenvalue weighted by atomic mass is 16.5. The number of anilines is 1. The van der Waals surface area contributed by atoms with Crippen molar-refractivity contribution >= 4 is 5.82 Å². The maximum Gasteiger partial charge on any atom is 0.146 e. The molecule has 0 saturated carbocycles. The first-order chi connectivity index (χ1) is 6.70. The zero-order valence-corrected chi connectivity index (χ0v) is 8.36. The number of ether oxygens (including phenoxy) is 1. The van der Waals surface area contributed by atoms with Gasteiger partial charge < -0.3 is 16.3 Å². The van der Waals surface area contributed by atoms with Crippen molar-refractivity contribution in [2.75, 3.05) is 24.8 Å². The summed E-state index contributed by atoms with van der Waals surface area (Å²) in [5.41, 5.74) is 6.75. The van der Waals surface area contributed by atoms with E-state index in [-0.39, 0.29) is 0 Å². The largest absolute Gasteiger partial charge is 0.382 e. The summed E-state index contributed by atoms with van der Waals surface area (Å²) in [5, 5.41) is 0. The predicted molar refractivity (Wildman–Crippen MR) is 54.3 cm³/mol. The molecule has 78 valence electrons. The van der Waals surface area contributed by atoms with Crippen LogP contribution in [-0.2, 0) is 4.74 Å². The van der Waals surface area contributed by atoms with Crippen molar-refractivity contribution < 1.29 is 4.74 Å². The minimum Gasteiger partial charge on any atom is -0.382 e. The molecule has 2 rings (SSSR count). The van der Waals surface area contributed by atoms with E-state index in [2.05, 4.69) is 4.98 Å². The number of nitrogens with two attached hydrogens (primary N) is 2. The monoisotopic (exact) mass is 196 g/mol. The van der Waals surface area contributed by atoms with Gasteiger partial charge in [-0.05, 0) is 19.8 Å². The van der Waals surface area contributed by atoms with Crippen molar-refractivity contribution in [2.45, 2.75) is 25.7 Å². The van der Waals surface area contributed by atoms with Crippen molar-refractivity contribution in [1.29, 1.82) is 0 Å². The van der Waals surface area contributed by atoms with Crippen LogP contribution in [0.2, 0.25) is 0 Å². The molecule has 5 nitrogen and oxygen atoms in total. The number of nitrogens with zero attached hydrogens (tertiary/aromatic N) is 2. The highest BCUT2D eigenvalue weighted by Gasteiger charge is 2.22. The summed E-state index contributed by atoms with van der Waals surface area (Å²) in [5.74, 6) is 7.33. The minimum absolute atomic E-state index is 0.312. The summed E-state index contributed by atoms with van der Waals surface area (Å²) in [6, 6.07) is 0. The Morgan fingerprint density at radius 3 is 2.86 bits per heavy atom. The van der Waals surface area contributed by atoms with Gasteiger partial charge in [-0.3, -0.25) is 0 Å². The normalized spacial score (nSPS) is 22.5. The second kappa shape index (κ2) is 3.49. The van der Waals surface area contributed by atoms with Gasteiger partial charge >= 0.3 is 0 Å². The summed E-state index contributed by atoms with van der Waals surface area (Å²) in [6.45, 7) is 3.41. The first kappa shape index (κ1) is 9.33. The van der Waals surface area contributed by atoms with Gasteiger partial charge in [0.2, 0.25) is 0 Å². The lowest BCUT2D eigenvalue weighted by Gasteiger charge is -2.20. The van der Waals surface area contributed by atoms with E-state index in [9.17, 15) is 0 Å². The third kappa shape index (κ3) is 1.43. The molecule has 1 saturated heterocycles. The van der Waals surface area contributed by atoms with Crippen molar-refractivity contribution in [3.8, 4) is 0 Å². The Morgan fingerprint density at radius 2 is 2.36 bits per heavy atom. The topological polar surface area (TPSA) is 79.1 Å². The van der Waals surface area contributed by atoms with Crippen LogP contribution < -0.4 is 11.6 Å². The number of rotatable bonds is 1. The van der Waals surface area contributed by atoms with Crippen molar-refractivity contribution in [3.63, 3.8) is 0 Å². The van der Waals surface area contributed by atoms with Gasteiger partial charge in [-0.25, -0.2) is 9.66 Å². The average Bonchev–Trinajstić information content (AvgIpc) is 2.47. The van der Waals surface area contributed by atoms with Crippen molar-refractivity contribution in [2.24, 2.45) is 0 Å². The third-order valence-electron chi connectivity index (χ3n) is 2.70. The first-order valence-electron chi connectivity index (χ1n) is 4.87. The second-order valence-electron chi connectivity index (χ2n) is 3.71. The molecule has 1 unspecified atom stereocenters. The lowest BCUT2D eigenvalue weighted by atomic mass is 9.99. The van der Waals surface area contributed by atoms with Crippen LogP contribution in [0, 0.1) is 6.92 Å². The van der Waals surface area contributed by atoms with Gasteiger partial charge in [0.15, 0.2) is 0 Å². The van der Waals surface area contributed by atoms with Crippen LogP contribution in [0.4, 0.5) is 5.82 Å². The van der Waals surface area contributed by atoms with Gasteiger partial charge in [0.1, 0.15) is 11.6 Å². The number of aryl methyl sites for hydroxylation is 1. The second-order valence-corrected chi connectivity index (χ2v) is 3.71. The van der Waals surface area contributed by atoms with E-state index in [1.165, 1.54) is 4.68 Å². The molecule has 0 bridgehead atoms. The third-order valence-corrected chi connectivity index (χ3v) is 2.70. The fourth-order valence-electron chi connectivity index (χ4n) is 1.84. The maximum atomic E-state index is 5.85. The zero-order chi connectivity index (χ0) is 10.1. The number of hydrogen-bond donors (Lipinski definition) is 2. The number of nitrogen functional groups attached to an aromatic ring is 2. The Labute approximate surface area is 83.0 Å². The minimum atomic E-state index is 0.312. The van der Waals surface area contributed by atoms with E-state index in [4.69, 9.17) is 16.3 Å². The Kier molecular flexibility index (Phi) is 2.33. The summed E-state index contributed by atoms with van der Waals surface area (Å²) >= 11 is 0. The molecule has 14 heavy (non-hydrogen) atoms. The molecule has 1 aromatic rings. The Morgan fingerprint density at radius 1 is 1.57 bits per heavy atom. The number of imidazole rings is 1. The molecule has 5 heteroatoms. The lowest BCUT2D eigenvalue weighted by Crippen LogP contribution is -2.18. The molecule has 0 amide bonds. The highest BCUT2D eigenvalue weighted by Crippen LogP contribution is 2.28. The van der Waals surface area contributed by atoms with Crippen LogP contribution >= 0.6 is 0 Å². The Bertz CT molecular complexity index is 328. The molecule has 0 spiro atoms. The smallest absolute Gasteiger partial charge is 0.146 e. The maximum absolute atomic E-state index is 5.85. The van der Waals surface area contributed by atoms with E-state index in [1.807, 2.05) is 6.92 Å². The Hall–Kier alpha value is -1.23. The summed E-state index contributed by atoms with van der Waals surface area (Å²) < 4.78 is 6.83. The molecule has 2 heterocycles. The van der Waals surface area contributed by atoms with E-state index in [0.717, 1.165) is 31.0 Å².